The first kappa shape index (κ1) is 16.3. The van der Waals surface area contributed by atoms with Crippen LogP contribution in [0.4, 0.5) is 14.9 Å². The summed E-state index contributed by atoms with van der Waals surface area (Å²) >= 11 is 0. The lowest BCUT2D eigenvalue weighted by Crippen LogP contribution is -2.37. The number of carbonyl (C=O) groups is 1. The number of amides is 2. The van der Waals surface area contributed by atoms with Gasteiger partial charge in [-0.3, -0.25) is 0 Å². The van der Waals surface area contributed by atoms with Crippen molar-refractivity contribution < 1.29 is 9.18 Å². The van der Waals surface area contributed by atoms with Crippen LogP contribution in [0.25, 0.3) is 0 Å². The van der Waals surface area contributed by atoms with E-state index in [0.29, 0.717) is 25.3 Å². The van der Waals surface area contributed by atoms with Crippen LogP contribution in [0.3, 0.4) is 0 Å². The van der Waals surface area contributed by atoms with Crippen molar-refractivity contribution in [2.45, 2.75) is 6.54 Å². The Balaban J connectivity index is 1.70. The highest BCUT2D eigenvalue weighted by Crippen LogP contribution is 2.17. The van der Waals surface area contributed by atoms with Crippen LogP contribution >= 0.6 is 0 Å². The predicted octanol–water partition coefficient (Wildman–Crippen LogP) is 2.61. The molecule has 6 heteroatoms. The third-order valence-electron chi connectivity index (χ3n) is 3.15. The molecule has 0 aliphatic carbocycles. The molecule has 0 aliphatic rings. The Labute approximate surface area is 134 Å². The summed E-state index contributed by atoms with van der Waals surface area (Å²) in [7, 11) is 0. The third-order valence-corrected chi connectivity index (χ3v) is 3.15. The van der Waals surface area contributed by atoms with Gasteiger partial charge in [-0.1, -0.05) is 36.4 Å². The predicted molar refractivity (Wildman–Crippen MR) is 86.3 cm³/mol. The van der Waals surface area contributed by atoms with E-state index in [2.05, 4.69) is 16.0 Å². The summed E-state index contributed by atoms with van der Waals surface area (Å²) in [5.41, 5.74) is 1.40. The van der Waals surface area contributed by atoms with E-state index in [1.165, 1.54) is 12.1 Å². The first-order valence-electron chi connectivity index (χ1n) is 7.19. The number of hydrogen-bond donors (Lipinski definition) is 3. The number of nitrogens with one attached hydrogen (secondary N) is 3. The molecular formula is C17H17FN4O. The minimum atomic E-state index is -0.564. The summed E-state index contributed by atoms with van der Waals surface area (Å²) in [5, 5.41) is 17.3. The molecule has 118 valence electrons. The Morgan fingerprint density at radius 2 is 1.83 bits per heavy atom. The largest absolute Gasteiger partial charge is 0.382 e. The second-order valence-electron chi connectivity index (χ2n) is 4.80. The minimum absolute atomic E-state index is 0.0268. The third kappa shape index (κ3) is 5.00. The van der Waals surface area contributed by atoms with Gasteiger partial charge in [0.25, 0.3) is 0 Å². The fourth-order valence-corrected chi connectivity index (χ4v) is 2.00. The molecule has 0 spiro atoms. The van der Waals surface area contributed by atoms with Gasteiger partial charge in [-0.15, -0.1) is 0 Å². The Kier molecular flexibility index (Phi) is 5.95. The molecule has 0 unspecified atom stereocenters. The van der Waals surface area contributed by atoms with E-state index in [9.17, 15) is 9.18 Å². The molecule has 0 bridgehead atoms. The summed E-state index contributed by atoms with van der Waals surface area (Å²) in [6.45, 7) is 1.18. The zero-order valence-corrected chi connectivity index (χ0v) is 12.5. The number of urea groups is 1. The molecular weight excluding hydrogens is 295 g/mol. The first-order chi connectivity index (χ1) is 11.2. The maximum absolute atomic E-state index is 13.4. The van der Waals surface area contributed by atoms with Crippen LogP contribution in [-0.4, -0.2) is 19.1 Å². The molecule has 0 saturated heterocycles. The summed E-state index contributed by atoms with van der Waals surface area (Å²) in [6, 6.07) is 15.5. The molecule has 23 heavy (non-hydrogen) atoms. The zero-order chi connectivity index (χ0) is 16.5. The van der Waals surface area contributed by atoms with Gasteiger partial charge in [0, 0.05) is 19.6 Å². The molecule has 0 aliphatic heterocycles. The Morgan fingerprint density at radius 3 is 2.57 bits per heavy atom. The molecule has 0 heterocycles. The molecule has 0 aromatic heterocycles. The zero-order valence-electron chi connectivity index (χ0n) is 12.5. The van der Waals surface area contributed by atoms with Crippen LogP contribution < -0.4 is 16.0 Å². The van der Waals surface area contributed by atoms with E-state index in [0.717, 1.165) is 5.56 Å². The highest BCUT2D eigenvalue weighted by molar-refractivity contribution is 5.73. The maximum atomic E-state index is 13.4. The SMILES string of the molecule is N#Cc1c(F)cccc1NCCNC(=O)NCc1ccccc1. The lowest BCUT2D eigenvalue weighted by Gasteiger charge is -2.10. The topological polar surface area (TPSA) is 77.0 Å². The molecule has 0 radical (unpaired) electrons. The van der Waals surface area contributed by atoms with E-state index >= 15 is 0 Å². The van der Waals surface area contributed by atoms with Crippen LogP contribution in [0.15, 0.2) is 48.5 Å². The first-order valence-corrected chi connectivity index (χ1v) is 7.19. The lowest BCUT2D eigenvalue weighted by molar-refractivity contribution is 0.241. The normalized spacial score (nSPS) is 9.74. The average molecular weight is 312 g/mol. The monoisotopic (exact) mass is 312 g/mol. The van der Waals surface area contributed by atoms with Crippen LogP contribution in [-0.2, 0) is 6.54 Å². The van der Waals surface area contributed by atoms with Crippen molar-refractivity contribution in [3.63, 3.8) is 0 Å². The van der Waals surface area contributed by atoms with Crippen molar-refractivity contribution in [3.8, 4) is 6.07 Å². The van der Waals surface area contributed by atoms with E-state index < -0.39 is 5.82 Å². The molecule has 0 atom stereocenters. The van der Waals surface area contributed by atoms with E-state index in [-0.39, 0.29) is 11.6 Å². The number of nitrogens with zero attached hydrogens (tertiary/aromatic N) is 1. The number of halogens is 1. The van der Waals surface area contributed by atoms with Crippen LogP contribution in [0.1, 0.15) is 11.1 Å². The molecule has 2 rings (SSSR count). The summed E-state index contributed by atoms with van der Waals surface area (Å²) < 4.78 is 13.4. The lowest BCUT2D eigenvalue weighted by atomic mass is 10.2. The molecule has 5 nitrogen and oxygen atoms in total. The summed E-state index contributed by atoms with van der Waals surface area (Å²) in [5.74, 6) is -0.564. The van der Waals surface area contributed by atoms with Gasteiger partial charge in [-0.25, -0.2) is 9.18 Å². The van der Waals surface area contributed by atoms with E-state index in [1.54, 1.807) is 6.07 Å². The van der Waals surface area contributed by atoms with Gasteiger partial charge in [-0.2, -0.15) is 5.26 Å². The van der Waals surface area contributed by atoms with E-state index in [4.69, 9.17) is 5.26 Å². The van der Waals surface area contributed by atoms with Crippen LogP contribution in [0.2, 0.25) is 0 Å². The second-order valence-corrected chi connectivity index (χ2v) is 4.80. The second kappa shape index (κ2) is 8.39. The maximum Gasteiger partial charge on any atom is 0.315 e. The fourth-order valence-electron chi connectivity index (χ4n) is 2.00. The standard InChI is InChI=1S/C17H17FN4O/c18-15-7-4-8-16(14(15)11-19)20-9-10-21-17(23)22-12-13-5-2-1-3-6-13/h1-8,20H,9-10,12H2,(H2,21,22,23). The molecule has 2 aromatic carbocycles. The molecule has 3 N–H and O–H groups in total. The number of rotatable bonds is 6. The van der Waals surface area contributed by atoms with Gasteiger partial charge in [0.05, 0.1) is 5.69 Å². The van der Waals surface area contributed by atoms with Gasteiger partial charge in [0.2, 0.25) is 0 Å². The van der Waals surface area contributed by atoms with Gasteiger partial charge in [-0.05, 0) is 17.7 Å². The number of hydrogen-bond acceptors (Lipinski definition) is 3. The minimum Gasteiger partial charge on any atom is -0.382 e. The number of carbonyl (C=O) groups excluding carboxylic acids is 1. The Bertz CT molecular complexity index is 697. The summed E-state index contributed by atoms with van der Waals surface area (Å²) in [6.07, 6.45) is 0. The van der Waals surface area contributed by atoms with Gasteiger partial charge >= 0.3 is 6.03 Å². The Hall–Kier alpha value is -3.07. The average Bonchev–Trinajstić information content (AvgIpc) is 2.58. The van der Waals surface area contributed by atoms with Crippen LogP contribution in [0, 0.1) is 17.1 Å². The highest BCUT2D eigenvalue weighted by atomic mass is 19.1. The molecule has 2 amide bonds. The van der Waals surface area contributed by atoms with Crippen molar-refractivity contribution in [2.24, 2.45) is 0 Å². The van der Waals surface area contributed by atoms with Gasteiger partial charge < -0.3 is 16.0 Å². The Morgan fingerprint density at radius 1 is 1.04 bits per heavy atom. The van der Waals surface area contributed by atoms with E-state index in [1.807, 2.05) is 36.4 Å². The summed E-state index contributed by atoms with van der Waals surface area (Å²) in [4.78, 5) is 11.6. The number of anilines is 1. The van der Waals surface area contributed by atoms with Crippen molar-refractivity contribution in [1.82, 2.24) is 10.6 Å². The van der Waals surface area contributed by atoms with Gasteiger partial charge in [0.1, 0.15) is 17.4 Å². The van der Waals surface area contributed by atoms with Crippen molar-refractivity contribution in [1.29, 1.82) is 5.26 Å². The molecule has 0 fully saturated rings. The molecule has 0 saturated carbocycles. The van der Waals surface area contributed by atoms with Crippen molar-refractivity contribution >= 4 is 11.7 Å². The highest BCUT2D eigenvalue weighted by Gasteiger charge is 2.07. The quantitative estimate of drug-likeness (QED) is 0.718. The molecule has 2 aromatic rings. The fraction of sp³-hybridized carbons (Fsp3) is 0.176. The van der Waals surface area contributed by atoms with Crippen LogP contribution in [0.5, 0.6) is 0 Å². The number of nitriles is 1. The van der Waals surface area contributed by atoms with Crippen molar-refractivity contribution in [3.05, 3.63) is 65.5 Å². The number of benzene rings is 2. The van der Waals surface area contributed by atoms with Crippen molar-refractivity contribution in [2.75, 3.05) is 18.4 Å². The van der Waals surface area contributed by atoms with Gasteiger partial charge in [0.15, 0.2) is 0 Å². The smallest absolute Gasteiger partial charge is 0.315 e.